The van der Waals surface area contributed by atoms with Gasteiger partial charge in [0, 0.05) is 6.20 Å². The normalized spacial score (nSPS) is 10.3. The minimum Gasteiger partial charge on any atom is -0.462 e. The molecule has 106 valence electrons. The van der Waals surface area contributed by atoms with Crippen molar-refractivity contribution >= 4 is 28.3 Å². The zero-order chi connectivity index (χ0) is 14.5. The maximum absolute atomic E-state index is 11.8. The molecular weight excluding hydrogens is 276 g/mol. The largest absolute Gasteiger partial charge is 0.462 e. The van der Waals surface area contributed by atoms with E-state index in [1.165, 1.54) is 0 Å². The molecule has 0 bridgehead atoms. The van der Waals surface area contributed by atoms with E-state index >= 15 is 0 Å². The first kappa shape index (κ1) is 14.3. The monoisotopic (exact) mass is 292 g/mol. The number of nitrogen functional groups attached to an aromatic ring is 1. The highest BCUT2D eigenvalue weighted by atomic mass is 32.1. The third-order valence-electron chi connectivity index (χ3n) is 2.73. The standard InChI is InChI=1S/C13H16N4O2S/c1-3-19-13(18)10-11(14)17-20-12(10)16-7-9-8(2)5-4-6-15-9/h4-6,16H,3,7H2,1-2H3,(H2,14,17). The number of carbonyl (C=O) groups is 1. The van der Waals surface area contributed by atoms with E-state index in [1.54, 1.807) is 13.1 Å². The second-order valence-corrected chi connectivity index (χ2v) is 4.89. The lowest BCUT2D eigenvalue weighted by Gasteiger charge is -2.08. The molecule has 0 fully saturated rings. The highest BCUT2D eigenvalue weighted by Crippen LogP contribution is 2.28. The molecule has 2 aromatic rings. The van der Waals surface area contributed by atoms with Crippen molar-refractivity contribution < 1.29 is 9.53 Å². The molecule has 2 rings (SSSR count). The molecule has 0 unspecified atom stereocenters. The molecule has 7 heteroatoms. The molecule has 0 amide bonds. The predicted molar refractivity (Wildman–Crippen MR) is 78.8 cm³/mol. The lowest BCUT2D eigenvalue weighted by atomic mass is 10.2. The van der Waals surface area contributed by atoms with Gasteiger partial charge in [-0.05, 0) is 37.0 Å². The lowest BCUT2D eigenvalue weighted by Crippen LogP contribution is -2.10. The zero-order valence-electron chi connectivity index (χ0n) is 11.3. The molecule has 6 nitrogen and oxygen atoms in total. The maximum Gasteiger partial charge on any atom is 0.344 e. The van der Waals surface area contributed by atoms with E-state index in [0.717, 1.165) is 22.8 Å². The summed E-state index contributed by atoms with van der Waals surface area (Å²) >= 11 is 1.14. The first-order chi connectivity index (χ1) is 9.63. The molecular formula is C13H16N4O2S. The number of anilines is 2. The van der Waals surface area contributed by atoms with Crippen LogP contribution in [0.1, 0.15) is 28.5 Å². The van der Waals surface area contributed by atoms with Crippen LogP contribution in [0, 0.1) is 6.92 Å². The van der Waals surface area contributed by atoms with Crippen LogP contribution in [-0.4, -0.2) is 21.9 Å². The van der Waals surface area contributed by atoms with Gasteiger partial charge in [0.25, 0.3) is 0 Å². The Morgan fingerprint density at radius 3 is 3.05 bits per heavy atom. The Balaban J connectivity index is 2.14. The van der Waals surface area contributed by atoms with E-state index in [-0.39, 0.29) is 5.82 Å². The topological polar surface area (TPSA) is 90.1 Å². The van der Waals surface area contributed by atoms with Crippen molar-refractivity contribution in [2.45, 2.75) is 20.4 Å². The van der Waals surface area contributed by atoms with Gasteiger partial charge in [-0.25, -0.2) is 4.79 Å². The van der Waals surface area contributed by atoms with Crippen LogP contribution in [0.5, 0.6) is 0 Å². The van der Waals surface area contributed by atoms with Gasteiger partial charge in [0.05, 0.1) is 18.8 Å². The number of pyridine rings is 1. The molecule has 0 aliphatic heterocycles. The fourth-order valence-electron chi connectivity index (χ4n) is 1.69. The second-order valence-electron chi connectivity index (χ2n) is 4.11. The minimum absolute atomic E-state index is 0.189. The number of nitrogens with two attached hydrogens (primary N) is 1. The van der Waals surface area contributed by atoms with Gasteiger partial charge in [-0.2, -0.15) is 4.37 Å². The first-order valence-corrected chi connectivity index (χ1v) is 6.97. The number of esters is 1. The first-order valence-electron chi connectivity index (χ1n) is 6.20. The number of aryl methyl sites for hydroxylation is 1. The van der Waals surface area contributed by atoms with Crippen LogP contribution in [0.2, 0.25) is 0 Å². The van der Waals surface area contributed by atoms with Crippen molar-refractivity contribution in [2.75, 3.05) is 17.7 Å². The summed E-state index contributed by atoms with van der Waals surface area (Å²) in [6.07, 6.45) is 1.73. The molecule has 0 aliphatic rings. The Hall–Kier alpha value is -2.15. The smallest absolute Gasteiger partial charge is 0.344 e. The highest BCUT2D eigenvalue weighted by Gasteiger charge is 2.20. The lowest BCUT2D eigenvalue weighted by molar-refractivity contribution is 0.0529. The zero-order valence-corrected chi connectivity index (χ0v) is 12.2. The van der Waals surface area contributed by atoms with Crippen molar-refractivity contribution in [1.29, 1.82) is 0 Å². The van der Waals surface area contributed by atoms with E-state index < -0.39 is 5.97 Å². The van der Waals surface area contributed by atoms with Crippen LogP contribution in [0.25, 0.3) is 0 Å². The molecule has 2 heterocycles. The quantitative estimate of drug-likeness (QED) is 0.821. The maximum atomic E-state index is 11.8. The van der Waals surface area contributed by atoms with Crippen molar-refractivity contribution in [3.8, 4) is 0 Å². The summed E-state index contributed by atoms with van der Waals surface area (Å²) in [6, 6.07) is 3.87. The molecule has 0 aromatic carbocycles. The van der Waals surface area contributed by atoms with E-state index in [0.29, 0.717) is 23.7 Å². The molecule has 0 radical (unpaired) electrons. The van der Waals surface area contributed by atoms with Crippen LogP contribution in [-0.2, 0) is 11.3 Å². The van der Waals surface area contributed by atoms with Gasteiger partial charge in [-0.3, -0.25) is 4.98 Å². The number of nitrogens with one attached hydrogen (secondary N) is 1. The van der Waals surface area contributed by atoms with Gasteiger partial charge in [-0.15, -0.1) is 0 Å². The Morgan fingerprint density at radius 1 is 1.55 bits per heavy atom. The van der Waals surface area contributed by atoms with Crippen molar-refractivity contribution in [3.63, 3.8) is 0 Å². The van der Waals surface area contributed by atoms with Crippen LogP contribution in [0.4, 0.5) is 10.8 Å². The Morgan fingerprint density at radius 2 is 2.35 bits per heavy atom. The Bertz CT molecular complexity index is 612. The Labute approximate surface area is 121 Å². The average Bonchev–Trinajstić information content (AvgIpc) is 2.79. The minimum atomic E-state index is -0.459. The fraction of sp³-hybridized carbons (Fsp3) is 0.308. The van der Waals surface area contributed by atoms with Gasteiger partial charge >= 0.3 is 5.97 Å². The van der Waals surface area contributed by atoms with Crippen LogP contribution >= 0.6 is 11.5 Å². The predicted octanol–water partition coefficient (Wildman–Crippen LogP) is 2.22. The molecule has 20 heavy (non-hydrogen) atoms. The number of ether oxygens (including phenoxy) is 1. The summed E-state index contributed by atoms with van der Waals surface area (Å²) in [6.45, 7) is 4.53. The summed E-state index contributed by atoms with van der Waals surface area (Å²) in [5.41, 5.74) is 8.00. The van der Waals surface area contributed by atoms with Gasteiger partial charge in [0.2, 0.25) is 0 Å². The molecule has 0 saturated heterocycles. The summed E-state index contributed by atoms with van der Waals surface area (Å²) in [7, 11) is 0. The number of carbonyl (C=O) groups excluding carboxylic acids is 1. The van der Waals surface area contributed by atoms with Gasteiger partial charge < -0.3 is 15.8 Å². The summed E-state index contributed by atoms with van der Waals surface area (Å²) < 4.78 is 8.97. The molecule has 0 spiro atoms. The number of hydrogen-bond donors (Lipinski definition) is 2. The van der Waals surface area contributed by atoms with Gasteiger partial charge in [0.15, 0.2) is 5.82 Å². The van der Waals surface area contributed by atoms with Crippen LogP contribution in [0.3, 0.4) is 0 Å². The molecule has 3 N–H and O–H groups in total. The van der Waals surface area contributed by atoms with Gasteiger partial charge in [0.1, 0.15) is 10.6 Å². The van der Waals surface area contributed by atoms with Crippen molar-refractivity contribution in [3.05, 3.63) is 35.2 Å². The number of aromatic nitrogens is 2. The molecule has 2 aromatic heterocycles. The number of rotatable bonds is 5. The van der Waals surface area contributed by atoms with Crippen LogP contribution in [0.15, 0.2) is 18.3 Å². The average molecular weight is 292 g/mol. The SMILES string of the molecule is CCOC(=O)c1c(N)nsc1NCc1ncccc1C. The van der Waals surface area contributed by atoms with E-state index in [1.807, 2.05) is 19.1 Å². The molecule has 0 saturated carbocycles. The molecule has 0 aliphatic carbocycles. The van der Waals surface area contributed by atoms with Gasteiger partial charge in [-0.1, -0.05) is 6.07 Å². The number of nitrogens with zero attached hydrogens (tertiary/aromatic N) is 2. The highest BCUT2D eigenvalue weighted by molar-refractivity contribution is 7.11. The second kappa shape index (κ2) is 6.33. The summed E-state index contributed by atoms with van der Waals surface area (Å²) in [5.74, 6) is -0.271. The Kier molecular flexibility index (Phi) is 4.52. The van der Waals surface area contributed by atoms with E-state index in [9.17, 15) is 4.79 Å². The summed E-state index contributed by atoms with van der Waals surface area (Å²) in [5, 5.41) is 3.75. The third-order valence-corrected chi connectivity index (χ3v) is 3.55. The van der Waals surface area contributed by atoms with E-state index in [2.05, 4.69) is 14.7 Å². The van der Waals surface area contributed by atoms with Crippen molar-refractivity contribution in [1.82, 2.24) is 9.36 Å². The van der Waals surface area contributed by atoms with Crippen LogP contribution < -0.4 is 11.1 Å². The fourth-order valence-corrected chi connectivity index (χ4v) is 2.39. The number of hydrogen-bond acceptors (Lipinski definition) is 7. The van der Waals surface area contributed by atoms with Crippen molar-refractivity contribution in [2.24, 2.45) is 0 Å². The van der Waals surface area contributed by atoms with E-state index in [4.69, 9.17) is 10.5 Å². The summed E-state index contributed by atoms with van der Waals surface area (Å²) in [4.78, 5) is 16.1. The third kappa shape index (κ3) is 3.05. The molecule has 0 atom stereocenters.